The largest absolute Gasteiger partial charge is 0.356 e. The number of amides is 3. The van der Waals surface area contributed by atoms with Gasteiger partial charge in [0.05, 0.1) is 4.90 Å². The molecule has 2 aliphatic carbocycles. The predicted octanol–water partition coefficient (Wildman–Crippen LogP) is 3.82. The quantitative estimate of drug-likeness (QED) is 0.345. The third-order valence-electron chi connectivity index (χ3n) is 7.62. The Labute approximate surface area is 235 Å². The normalized spacial score (nSPS) is 13.9. The molecule has 3 aromatic rings. The number of carbonyl (C=O) groups excluding carboxylic acids is 2. The lowest BCUT2D eigenvalue weighted by atomic mass is 9.99. The molecule has 210 valence electrons. The molecule has 9 nitrogen and oxygen atoms in total. The second kappa shape index (κ2) is 12.2. The highest BCUT2D eigenvalue weighted by molar-refractivity contribution is 7.90. The first-order valence-corrected chi connectivity index (χ1v) is 15.5. The maximum atomic E-state index is 12.9. The summed E-state index contributed by atoms with van der Waals surface area (Å²) in [5, 5.41) is 5.76. The van der Waals surface area contributed by atoms with E-state index < -0.39 is 16.1 Å². The van der Waals surface area contributed by atoms with E-state index in [0.717, 1.165) is 78.7 Å². The zero-order chi connectivity index (χ0) is 28.1. The van der Waals surface area contributed by atoms with Gasteiger partial charge in [0.15, 0.2) is 0 Å². The van der Waals surface area contributed by atoms with E-state index in [1.54, 1.807) is 24.5 Å². The van der Waals surface area contributed by atoms with Gasteiger partial charge in [-0.1, -0.05) is 25.1 Å². The summed E-state index contributed by atoms with van der Waals surface area (Å²) in [4.78, 5) is 33.5. The van der Waals surface area contributed by atoms with Crippen molar-refractivity contribution in [1.29, 1.82) is 0 Å². The van der Waals surface area contributed by atoms with Gasteiger partial charge >= 0.3 is 6.03 Å². The summed E-state index contributed by atoms with van der Waals surface area (Å²) in [6.07, 6.45) is 11.6. The van der Waals surface area contributed by atoms with Gasteiger partial charge in [-0.3, -0.25) is 4.79 Å². The van der Waals surface area contributed by atoms with Crippen molar-refractivity contribution in [3.63, 3.8) is 0 Å². The number of benzene rings is 2. The van der Waals surface area contributed by atoms with Crippen LogP contribution in [0.5, 0.6) is 0 Å². The molecular weight excluding hydrogens is 526 g/mol. The third kappa shape index (κ3) is 6.50. The van der Waals surface area contributed by atoms with Crippen LogP contribution in [0.25, 0.3) is 0 Å². The Bertz CT molecular complexity index is 1470. The summed E-state index contributed by atoms with van der Waals surface area (Å²) >= 11 is 0. The number of anilines is 1. The third-order valence-corrected chi connectivity index (χ3v) is 8.97. The van der Waals surface area contributed by atoms with Gasteiger partial charge in [-0.15, -0.1) is 0 Å². The van der Waals surface area contributed by atoms with Crippen LogP contribution in [0, 0.1) is 0 Å². The molecule has 0 aliphatic heterocycles. The van der Waals surface area contributed by atoms with Crippen LogP contribution in [0.15, 0.2) is 47.6 Å². The van der Waals surface area contributed by atoms with Crippen molar-refractivity contribution in [3.05, 3.63) is 81.9 Å². The fourth-order valence-electron chi connectivity index (χ4n) is 5.51. The maximum absolute atomic E-state index is 12.9. The topological polar surface area (TPSA) is 130 Å². The number of rotatable bonds is 10. The number of aryl methyl sites for hydroxylation is 4. The predicted molar refractivity (Wildman–Crippen MR) is 153 cm³/mol. The molecular formula is C30H35N5O4S. The van der Waals surface area contributed by atoms with E-state index >= 15 is 0 Å². The fraction of sp³-hybridized carbons (Fsp3) is 0.400. The van der Waals surface area contributed by atoms with Crippen LogP contribution < -0.4 is 15.4 Å². The highest BCUT2D eigenvalue weighted by atomic mass is 32.2. The van der Waals surface area contributed by atoms with Crippen LogP contribution in [0.2, 0.25) is 0 Å². The Kier molecular flexibility index (Phi) is 8.44. The summed E-state index contributed by atoms with van der Waals surface area (Å²) in [6.45, 7) is 2.42. The molecule has 3 N–H and O–H groups in total. The number of nitrogens with zero attached hydrogens (tertiary/aromatic N) is 2. The minimum atomic E-state index is -4.04. The van der Waals surface area contributed by atoms with E-state index in [-0.39, 0.29) is 10.8 Å². The fourth-order valence-corrected chi connectivity index (χ4v) is 6.42. The number of urea groups is 1. The first kappa shape index (κ1) is 27.8. The van der Waals surface area contributed by atoms with Gasteiger partial charge in [-0.2, -0.15) is 0 Å². The standard InChI is InChI=1S/C30H35N5O4S/c1-2-27-32-18-21(19-33-27)11-14-28(36)31-16-15-20-9-12-24(13-10-20)40(38,39)35-30(37)34-29-25-7-3-5-22(25)17-23-6-4-8-26(23)29/h9-10,12-13,17-19H,2-8,11,14-16H2,1H3,(H,31,36)(H2,34,35,37). The molecule has 2 aromatic carbocycles. The van der Waals surface area contributed by atoms with Crippen molar-refractivity contribution in [2.75, 3.05) is 11.9 Å². The van der Waals surface area contributed by atoms with Gasteiger partial charge in [0.2, 0.25) is 5.91 Å². The van der Waals surface area contributed by atoms with Crippen LogP contribution in [-0.2, 0) is 59.8 Å². The van der Waals surface area contributed by atoms with Gasteiger partial charge in [-0.25, -0.2) is 27.9 Å². The van der Waals surface area contributed by atoms with E-state index in [1.165, 1.54) is 23.3 Å². The monoisotopic (exact) mass is 561 g/mol. The lowest BCUT2D eigenvalue weighted by Gasteiger charge is -2.16. The van der Waals surface area contributed by atoms with Crippen molar-refractivity contribution in [2.45, 2.75) is 76.0 Å². The Morgan fingerprint density at radius 3 is 2.15 bits per heavy atom. The molecule has 2 aliphatic rings. The maximum Gasteiger partial charge on any atom is 0.333 e. The number of hydrogen-bond donors (Lipinski definition) is 3. The van der Waals surface area contributed by atoms with E-state index in [0.29, 0.717) is 25.8 Å². The first-order valence-electron chi connectivity index (χ1n) is 14.0. The molecule has 0 atom stereocenters. The van der Waals surface area contributed by atoms with Crippen LogP contribution in [0.1, 0.15) is 65.4 Å². The minimum Gasteiger partial charge on any atom is -0.356 e. The molecule has 1 heterocycles. The SMILES string of the molecule is CCc1ncc(CCC(=O)NCCc2ccc(S(=O)(=O)NC(=O)Nc3c4c(cc5c3CCC5)CCC4)cc2)cn1. The summed E-state index contributed by atoms with van der Waals surface area (Å²) in [5.74, 6) is 0.715. The molecule has 0 bridgehead atoms. The lowest BCUT2D eigenvalue weighted by Crippen LogP contribution is -2.35. The summed E-state index contributed by atoms with van der Waals surface area (Å²) in [6, 6.07) is 7.87. The molecule has 0 saturated heterocycles. The molecule has 0 radical (unpaired) electrons. The second-order valence-electron chi connectivity index (χ2n) is 10.4. The van der Waals surface area contributed by atoms with Crippen LogP contribution in [0.4, 0.5) is 10.5 Å². The second-order valence-corrected chi connectivity index (χ2v) is 12.1. The van der Waals surface area contributed by atoms with Crippen molar-refractivity contribution in [2.24, 2.45) is 0 Å². The molecule has 10 heteroatoms. The van der Waals surface area contributed by atoms with Crippen LogP contribution in [0.3, 0.4) is 0 Å². The highest BCUT2D eigenvalue weighted by Crippen LogP contribution is 2.38. The number of hydrogen-bond acceptors (Lipinski definition) is 6. The summed E-state index contributed by atoms with van der Waals surface area (Å²) in [7, 11) is -4.04. The van der Waals surface area contributed by atoms with Crippen molar-refractivity contribution >= 4 is 27.6 Å². The molecule has 0 spiro atoms. The lowest BCUT2D eigenvalue weighted by molar-refractivity contribution is -0.121. The smallest absolute Gasteiger partial charge is 0.333 e. The van der Waals surface area contributed by atoms with E-state index in [2.05, 4.69) is 31.4 Å². The molecule has 0 saturated carbocycles. The molecule has 0 fully saturated rings. The van der Waals surface area contributed by atoms with Gasteiger partial charge in [0.1, 0.15) is 5.82 Å². The number of fused-ring (bicyclic) bond motifs is 2. The highest BCUT2D eigenvalue weighted by Gasteiger charge is 2.26. The number of carbonyl (C=O) groups is 2. The van der Waals surface area contributed by atoms with Crippen LogP contribution in [-0.4, -0.2) is 36.9 Å². The Balaban J connectivity index is 1.11. The molecule has 3 amide bonds. The molecule has 1 aromatic heterocycles. The Hall–Kier alpha value is -3.79. The van der Waals surface area contributed by atoms with Crippen molar-refractivity contribution in [3.8, 4) is 0 Å². The summed E-state index contributed by atoms with van der Waals surface area (Å²) < 4.78 is 28.0. The van der Waals surface area contributed by atoms with Gasteiger partial charge in [-0.05, 0) is 96.9 Å². The Morgan fingerprint density at radius 2 is 1.52 bits per heavy atom. The zero-order valence-corrected chi connectivity index (χ0v) is 23.6. The van der Waals surface area contributed by atoms with Gasteiger partial charge in [0.25, 0.3) is 10.0 Å². The van der Waals surface area contributed by atoms with Crippen LogP contribution >= 0.6 is 0 Å². The van der Waals surface area contributed by atoms with Gasteiger partial charge in [0, 0.05) is 37.5 Å². The first-order chi connectivity index (χ1) is 19.3. The summed E-state index contributed by atoms with van der Waals surface area (Å²) in [5.41, 5.74) is 7.42. The van der Waals surface area contributed by atoms with E-state index in [4.69, 9.17) is 0 Å². The average Bonchev–Trinajstić information content (AvgIpc) is 3.62. The molecule has 5 rings (SSSR count). The molecule has 40 heavy (non-hydrogen) atoms. The van der Waals surface area contributed by atoms with Gasteiger partial charge < -0.3 is 10.6 Å². The van der Waals surface area contributed by atoms with Crippen molar-refractivity contribution < 1.29 is 18.0 Å². The number of sulfonamides is 1. The number of nitrogens with one attached hydrogen (secondary N) is 3. The average molecular weight is 562 g/mol. The van der Waals surface area contributed by atoms with E-state index in [1.807, 2.05) is 6.92 Å². The minimum absolute atomic E-state index is 0.00951. The Morgan fingerprint density at radius 1 is 0.875 bits per heavy atom. The molecule has 0 unspecified atom stereocenters. The van der Waals surface area contributed by atoms with Crippen molar-refractivity contribution in [1.82, 2.24) is 20.0 Å². The zero-order valence-electron chi connectivity index (χ0n) is 22.8. The van der Waals surface area contributed by atoms with E-state index in [9.17, 15) is 18.0 Å². The number of aromatic nitrogens is 2.